The van der Waals surface area contributed by atoms with Gasteiger partial charge in [0.25, 0.3) is 5.91 Å². The maximum Gasteiger partial charge on any atom is 0.343 e. The maximum absolute atomic E-state index is 13.6. The van der Waals surface area contributed by atoms with E-state index in [9.17, 15) is 24.0 Å². The summed E-state index contributed by atoms with van der Waals surface area (Å²) in [6, 6.07) is 23.6. The van der Waals surface area contributed by atoms with E-state index < -0.39 is 29.8 Å². The van der Waals surface area contributed by atoms with Gasteiger partial charge in [0, 0.05) is 23.4 Å². The number of unbranched alkanes of at least 4 members (excludes halogenated alkanes) is 6. The number of terminal acetylenes is 1. The molecular formula is C47H47NO11. The van der Waals surface area contributed by atoms with E-state index in [1.807, 2.05) is 0 Å². The van der Waals surface area contributed by atoms with E-state index in [4.69, 9.17) is 34.8 Å². The summed E-state index contributed by atoms with van der Waals surface area (Å²) in [5.74, 6) is 0.760. The molecule has 12 nitrogen and oxygen atoms in total. The summed E-state index contributed by atoms with van der Waals surface area (Å²) < 4.78 is 32.8. The molecule has 0 bridgehead atoms. The SMILES string of the molecule is C#Cc1ccc(NC(=O)c2cc(OC(=O)c3ccc(OCCCCCCOC(=O)C=C)cc3)ccc2OC(=O)c2ccc(OCCCCCCOC(=O)C=C)cc2)cc1. The van der Waals surface area contributed by atoms with Gasteiger partial charge in [-0.1, -0.05) is 19.1 Å². The number of amides is 1. The number of hydrogen-bond donors (Lipinski definition) is 1. The lowest BCUT2D eigenvalue weighted by atomic mass is 10.1. The number of hydrogen-bond acceptors (Lipinski definition) is 11. The minimum Gasteiger partial charge on any atom is -0.494 e. The number of rotatable bonds is 24. The second kappa shape index (κ2) is 24.5. The molecule has 0 radical (unpaired) electrons. The van der Waals surface area contributed by atoms with Crippen LogP contribution >= 0.6 is 0 Å². The average molecular weight is 802 g/mol. The Morgan fingerprint density at radius 2 is 1.02 bits per heavy atom. The van der Waals surface area contributed by atoms with E-state index in [0.29, 0.717) is 49.2 Å². The Kier molecular flexibility index (Phi) is 18.5. The van der Waals surface area contributed by atoms with Crippen molar-refractivity contribution in [3.05, 3.63) is 139 Å². The molecule has 4 aromatic rings. The van der Waals surface area contributed by atoms with E-state index in [0.717, 1.165) is 63.5 Å². The molecule has 0 unspecified atom stereocenters. The Morgan fingerprint density at radius 1 is 0.559 bits per heavy atom. The van der Waals surface area contributed by atoms with Gasteiger partial charge in [-0.15, -0.1) is 6.42 Å². The Balaban J connectivity index is 1.34. The van der Waals surface area contributed by atoms with Crippen molar-refractivity contribution in [2.75, 3.05) is 31.7 Å². The molecule has 0 aliphatic rings. The third-order valence-electron chi connectivity index (χ3n) is 8.54. The smallest absolute Gasteiger partial charge is 0.343 e. The second-order valence-corrected chi connectivity index (χ2v) is 12.9. The van der Waals surface area contributed by atoms with Crippen LogP contribution in [0.25, 0.3) is 0 Å². The quantitative estimate of drug-likeness (QED) is 0.0238. The van der Waals surface area contributed by atoms with Gasteiger partial charge >= 0.3 is 23.9 Å². The van der Waals surface area contributed by atoms with Crippen LogP contribution in [0.2, 0.25) is 0 Å². The highest BCUT2D eigenvalue weighted by Crippen LogP contribution is 2.28. The molecular weight excluding hydrogens is 755 g/mol. The highest BCUT2D eigenvalue weighted by molar-refractivity contribution is 6.07. The van der Waals surface area contributed by atoms with Gasteiger partial charge < -0.3 is 33.7 Å². The number of carbonyl (C=O) groups excluding carboxylic acids is 5. The number of esters is 4. The van der Waals surface area contributed by atoms with Crippen LogP contribution in [-0.2, 0) is 19.1 Å². The molecule has 0 saturated carbocycles. The molecule has 0 aliphatic carbocycles. The monoisotopic (exact) mass is 801 g/mol. The largest absolute Gasteiger partial charge is 0.494 e. The van der Waals surface area contributed by atoms with Crippen LogP contribution in [0.1, 0.15) is 88.0 Å². The summed E-state index contributed by atoms with van der Waals surface area (Å²) in [7, 11) is 0. The van der Waals surface area contributed by atoms with E-state index in [1.165, 1.54) is 18.2 Å². The van der Waals surface area contributed by atoms with Crippen molar-refractivity contribution < 1.29 is 52.4 Å². The summed E-state index contributed by atoms with van der Waals surface area (Å²) >= 11 is 0. The van der Waals surface area contributed by atoms with Gasteiger partial charge in [0.2, 0.25) is 0 Å². The van der Waals surface area contributed by atoms with Crippen molar-refractivity contribution in [1.82, 2.24) is 0 Å². The van der Waals surface area contributed by atoms with Crippen molar-refractivity contribution >= 4 is 35.5 Å². The average Bonchev–Trinajstić information content (AvgIpc) is 3.26. The van der Waals surface area contributed by atoms with Gasteiger partial charge in [-0.2, -0.15) is 0 Å². The van der Waals surface area contributed by atoms with Gasteiger partial charge in [0.15, 0.2) is 0 Å². The topological polar surface area (TPSA) is 153 Å². The highest BCUT2D eigenvalue weighted by atomic mass is 16.5. The van der Waals surface area contributed by atoms with Gasteiger partial charge in [0.05, 0.1) is 43.1 Å². The first kappa shape index (κ1) is 44.6. The second-order valence-electron chi connectivity index (χ2n) is 12.9. The van der Waals surface area contributed by atoms with E-state index in [1.54, 1.807) is 72.8 Å². The fourth-order valence-corrected chi connectivity index (χ4v) is 5.35. The molecule has 0 fully saturated rings. The third-order valence-corrected chi connectivity index (χ3v) is 8.54. The molecule has 0 aliphatic heterocycles. The van der Waals surface area contributed by atoms with Crippen LogP contribution in [0.15, 0.2) is 116 Å². The number of ether oxygens (including phenoxy) is 6. The lowest BCUT2D eigenvalue weighted by Crippen LogP contribution is -2.17. The lowest BCUT2D eigenvalue weighted by Gasteiger charge is -2.13. The first-order chi connectivity index (χ1) is 28.7. The Morgan fingerprint density at radius 3 is 1.49 bits per heavy atom. The number of nitrogens with one attached hydrogen (secondary N) is 1. The van der Waals surface area contributed by atoms with Gasteiger partial charge in [0.1, 0.15) is 23.0 Å². The Hall–Kier alpha value is -7.13. The van der Waals surface area contributed by atoms with Crippen LogP contribution < -0.4 is 24.3 Å². The summed E-state index contributed by atoms with van der Waals surface area (Å²) in [6.07, 6.45) is 14.4. The third kappa shape index (κ3) is 15.7. The number of benzene rings is 4. The van der Waals surface area contributed by atoms with Crippen LogP contribution in [-0.4, -0.2) is 56.2 Å². The normalized spacial score (nSPS) is 10.3. The minimum absolute atomic E-state index is 0.0415. The molecule has 4 rings (SSSR count). The summed E-state index contributed by atoms with van der Waals surface area (Å²) in [5.41, 5.74) is 1.46. The molecule has 0 atom stereocenters. The first-order valence-electron chi connectivity index (χ1n) is 19.2. The molecule has 0 saturated heterocycles. The molecule has 0 spiro atoms. The summed E-state index contributed by atoms with van der Waals surface area (Å²) in [6.45, 7) is 8.39. The standard InChI is InChI=1S/C47H47NO11/c1-4-34-15-21-37(22-16-34)48-45(51)41-33-40(58-46(52)35-17-23-38(24-18-35)54-29-11-7-9-13-31-56-43(49)5-2)27-28-42(41)59-47(53)36-19-25-39(26-20-36)55-30-12-8-10-14-32-57-44(50)6-3/h1,5-6,15-28,33H,2-3,7-14,29-32H2,(H,48,51). The zero-order valence-corrected chi connectivity index (χ0v) is 32.8. The molecule has 0 aromatic heterocycles. The van der Waals surface area contributed by atoms with Crippen LogP contribution in [0.5, 0.6) is 23.0 Å². The molecule has 0 heterocycles. The summed E-state index contributed by atoms with van der Waals surface area (Å²) in [5, 5.41) is 2.76. The molecule has 12 heteroatoms. The molecule has 59 heavy (non-hydrogen) atoms. The van der Waals surface area contributed by atoms with E-state index in [-0.39, 0.29) is 28.2 Å². The fraction of sp³-hybridized carbons (Fsp3) is 0.255. The Labute approximate surface area is 344 Å². The van der Waals surface area contributed by atoms with Gasteiger partial charge in [-0.05, 0) is 142 Å². The zero-order valence-electron chi connectivity index (χ0n) is 32.8. The number of carbonyl (C=O) groups is 5. The van der Waals surface area contributed by atoms with Gasteiger partial charge in [-0.25, -0.2) is 19.2 Å². The van der Waals surface area contributed by atoms with Crippen molar-refractivity contribution in [2.24, 2.45) is 0 Å². The fourth-order valence-electron chi connectivity index (χ4n) is 5.35. The van der Waals surface area contributed by atoms with Crippen LogP contribution in [0.3, 0.4) is 0 Å². The Bertz CT molecular complexity index is 2080. The van der Waals surface area contributed by atoms with Crippen molar-refractivity contribution in [3.63, 3.8) is 0 Å². The molecule has 1 amide bonds. The van der Waals surface area contributed by atoms with Crippen molar-refractivity contribution in [1.29, 1.82) is 0 Å². The maximum atomic E-state index is 13.6. The predicted octanol–water partition coefficient (Wildman–Crippen LogP) is 8.70. The van der Waals surface area contributed by atoms with Gasteiger partial charge in [-0.3, -0.25) is 4.79 Å². The minimum atomic E-state index is -0.722. The lowest BCUT2D eigenvalue weighted by molar-refractivity contribution is -0.138. The first-order valence-corrected chi connectivity index (χ1v) is 19.2. The highest BCUT2D eigenvalue weighted by Gasteiger charge is 2.20. The predicted molar refractivity (Wildman–Crippen MR) is 222 cm³/mol. The van der Waals surface area contributed by atoms with Crippen molar-refractivity contribution in [2.45, 2.75) is 51.4 Å². The molecule has 306 valence electrons. The zero-order chi connectivity index (χ0) is 42.2. The molecule has 1 N–H and O–H groups in total. The van der Waals surface area contributed by atoms with Crippen molar-refractivity contribution in [3.8, 4) is 35.3 Å². The molecule has 4 aromatic carbocycles. The van der Waals surface area contributed by atoms with Crippen LogP contribution in [0, 0.1) is 12.3 Å². The van der Waals surface area contributed by atoms with Crippen LogP contribution in [0.4, 0.5) is 5.69 Å². The summed E-state index contributed by atoms with van der Waals surface area (Å²) in [4.78, 5) is 62.1. The van der Waals surface area contributed by atoms with E-state index in [2.05, 4.69) is 24.4 Å². The van der Waals surface area contributed by atoms with E-state index >= 15 is 0 Å². The number of anilines is 1.